The van der Waals surface area contributed by atoms with Crippen LogP contribution in [0, 0.1) is 0 Å². The first-order valence-electron chi connectivity index (χ1n) is 5.67. The second kappa shape index (κ2) is 7.08. The van der Waals surface area contributed by atoms with Gasteiger partial charge in [-0.15, -0.1) is 0 Å². The highest BCUT2D eigenvalue weighted by molar-refractivity contribution is 5.73. The molecule has 0 spiro atoms. The quantitative estimate of drug-likeness (QED) is 0.412. The minimum Gasteiger partial charge on any atom is -0.479 e. The van der Waals surface area contributed by atoms with Gasteiger partial charge in [0.1, 0.15) is 0 Å². The number of carboxylic acids is 1. The van der Waals surface area contributed by atoms with Gasteiger partial charge in [0.15, 0.2) is 6.61 Å². The van der Waals surface area contributed by atoms with Crippen LogP contribution < -0.4 is 10.8 Å². The van der Waals surface area contributed by atoms with Crippen LogP contribution in [-0.2, 0) is 9.63 Å². The average molecular weight is 246 g/mol. The van der Waals surface area contributed by atoms with E-state index in [0.29, 0.717) is 12.8 Å². The highest BCUT2D eigenvalue weighted by Gasteiger charge is 2.23. The van der Waals surface area contributed by atoms with Gasteiger partial charge < -0.3 is 15.5 Å². The Morgan fingerprint density at radius 2 is 1.94 bits per heavy atom. The number of amides is 2. The first kappa shape index (κ1) is 13.7. The number of aliphatic carboxylic acids is 1. The first-order chi connectivity index (χ1) is 8.09. The van der Waals surface area contributed by atoms with E-state index in [9.17, 15) is 14.7 Å². The van der Waals surface area contributed by atoms with Gasteiger partial charge in [-0.2, -0.15) is 0 Å². The van der Waals surface area contributed by atoms with Gasteiger partial charge in [-0.05, 0) is 12.8 Å². The second-order valence-corrected chi connectivity index (χ2v) is 4.07. The minimum atomic E-state index is -1.17. The molecule has 0 aliphatic heterocycles. The van der Waals surface area contributed by atoms with Crippen LogP contribution in [0.25, 0.3) is 0 Å². The molecule has 1 rings (SSSR count). The standard InChI is InChI=1S/C10H18N2O5/c13-8-5-3-1-2-4-7(8)11-10(16)12-17-6-9(14)15/h7-8,13H,1-6H2,(H,14,15)(H2,11,12,16). The van der Waals surface area contributed by atoms with Crippen molar-refractivity contribution in [3.05, 3.63) is 0 Å². The van der Waals surface area contributed by atoms with Gasteiger partial charge in [-0.3, -0.25) is 4.84 Å². The number of hydrogen-bond acceptors (Lipinski definition) is 4. The molecule has 2 unspecified atom stereocenters. The average Bonchev–Trinajstić information content (AvgIpc) is 2.44. The normalized spacial score (nSPS) is 24.8. The van der Waals surface area contributed by atoms with Crippen molar-refractivity contribution in [3.63, 3.8) is 0 Å². The summed E-state index contributed by atoms with van der Waals surface area (Å²) < 4.78 is 0. The number of aliphatic hydroxyl groups excluding tert-OH is 1. The lowest BCUT2D eigenvalue weighted by molar-refractivity contribution is -0.144. The zero-order valence-electron chi connectivity index (χ0n) is 9.52. The van der Waals surface area contributed by atoms with Crippen LogP contribution in [0.2, 0.25) is 0 Å². The predicted octanol–water partition coefficient (Wildman–Crippen LogP) is -0.00460. The molecule has 0 heterocycles. The summed E-state index contributed by atoms with van der Waals surface area (Å²) >= 11 is 0. The maximum Gasteiger partial charge on any atom is 0.339 e. The summed E-state index contributed by atoms with van der Waals surface area (Å²) in [5.74, 6) is -1.17. The fourth-order valence-electron chi connectivity index (χ4n) is 1.82. The van der Waals surface area contributed by atoms with Crippen molar-refractivity contribution in [1.82, 2.24) is 10.8 Å². The molecule has 0 saturated heterocycles. The Kier molecular flexibility index (Phi) is 5.71. The Balaban J connectivity index is 2.26. The third-order valence-electron chi connectivity index (χ3n) is 2.66. The lowest BCUT2D eigenvalue weighted by Gasteiger charge is -2.21. The Bertz CT molecular complexity index is 271. The summed E-state index contributed by atoms with van der Waals surface area (Å²) in [7, 11) is 0. The summed E-state index contributed by atoms with van der Waals surface area (Å²) in [6.45, 7) is -0.597. The van der Waals surface area contributed by atoms with Crippen LogP contribution in [0.1, 0.15) is 32.1 Å². The summed E-state index contributed by atoms with van der Waals surface area (Å²) in [4.78, 5) is 25.9. The molecule has 1 saturated carbocycles. The monoisotopic (exact) mass is 246 g/mol. The SMILES string of the molecule is O=C(O)CONC(=O)NC1CCCCCC1O. The van der Waals surface area contributed by atoms with Crippen molar-refractivity contribution in [2.45, 2.75) is 44.2 Å². The Morgan fingerprint density at radius 3 is 2.65 bits per heavy atom. The smallest absolute Gasteiger partial charge is 0.339 e. The third-order valence-corrected chi connectivity index (χ3v) is 2.66. The van der Waals surface area contributed by atoms with E-state index in [1.165, 1.54) is 0 Å². The number of hydrogen-bond donors (Lipinski definition) is 4. The first-order valence-corrected chi connectivity index (χ1v) is 5.67. The number of nitrogens with one attached hydrogen (secondary N) is 2. The van der Waals surface area contributed by atoms with Crippen LogP contribution in [-0.4, -0.2) is 41.0 Å². The Hall–Kier alpha value is -1.34. The number of carbonyl (C=O) groups is 2. The molecule has 17 heavy (non-hydrogen) atoms. The van der Waals surface area contributed by atoms with Gasteiger partial charge in [-0.25, -0.2) is 15.1 Å². The number of hydroxylamine groups is 1. The molecular weight excluding hydrogens is 228 g/mol. The molecule has 2 amide bonds. The molecule has 1 aliphatic rings. The Labute approximate surface area is 99.1 Å². The van der Waals surface area contributed by atoms with Crippen LogP contribution in [0.5, 0.6) is 0 Å². The highest BCUT2D eigenvalue weighted by atomic mass is 16.7. The number of carboxylic acid groups (broad SMARTS) is 1. The lowest BCUT2D eigenvalue weighted by Crippen LogP contribution is -2.47. The molecule has 0 radical (unpaired) electrons. The van der Waals surface area contributed by atoms with Gasteiger partial charge >= 0.3 is 12.0 Å². The molecule has 7 heteroatoms. The van der Waals surface area contributed by atoms with E-state index in [4.69, 9.17) is 5.11 Å². The molecule has 1 aliphatic carbocycles. The van der Waals surface area contributed by atoms with E-state index in [1.54, 1.807) is 0 Å². The number of rotatable bonds is 4. The van der Waals surface area contributed by atoms with Crippen LogP contribution >= 0.6 is 0 Å². The highest BCUT2D eigenvalue weighted by Crippen LogP contribution is 2.17. The second-order valence-electron chi connectivity index (χ2n) is 4.07. The van der Waals surface area contributed by atoms with E-state index in [-0.39, 0.29) is 6.04 Å². The summed E-state index contributed by atoms with van der Waals surface area (Å²) in [6.07, 6.45) is 3.79. The molecule has 1 fully saturated rings. The van der Waals surface area contributed by atoms with Crippen LogP contribution in [0.3, 0.4) is 0 Å². The largest absolute Gasteiger partial charge is 0.479 e. The molecule has 7 nitrogen and oxygen atoms in total. The molecule has 4 N–H and O–H groups in total. The van der Waals surface area contributed by atoms with Gasteiger partial charge in [0.05, 0.1) is 12.1 Å². The molecule has 0 aromatic heterocycles. The van der Waals surface area contributed by atoms with E-state index < -0.39 is 24.7 Å². The number of aliphatic hydroxyl groups is 1. The third kappa shape index (κ3) is 5.50. The zero-order chi connectivity index (χ0) is 12.7. The maximum absolute atomic E-state index is 11.3. The molecular formula is C10H18N2O5. The van der Waals surface area contributed by atoms with Crippen LogP contribution in [0.4, 0.5) is 4.79 Å². The molecule has 2 atom stereocenters. The van der Waals surface area contributed by atoms with Gasteiger partial charge in [-0.1, -0.05) is 19.3 Å². The lowest BCUT2D eigenvalue weighted by atomic mass is 10.1. The maximum atomic E-state index is 11.3. The number of carbonyl (C=O) groups excluding carboxylic acids is 1. The molecule has 0 aromatic rings. The summed E-state index contributed by atoms with van der Waals surface area (Å²) in [5, 5.41) is 20.6. The van der Waals surface area contributed by atoms with Crippen molar-refractivity contribution < 1.29 is 24.6 Å². The molecule has 0 bridgehead atoms. The van der Waals surface area contributed by atoms with Crippen molar-refractivity contribution in [1.29, 1.82) is 0 Å². The number of urea groups is 1. The van der Waals surface area contributed by atoms with Gasteiger partial charge in [0.25, 0.3) is 0 Å². The molecule has 98 valence electrons. The predicted molar refractivity (Wildman–Crippen MR) is 58.1 cm³/mol. The fourth-order valence-corrected chi connectivity index (χ4v) is 1.82. The van der Waals surface area contributed by atoms with E-state index in [2.05, 4.69) is 10.2 Å². The van der Waals surface area contributed by atoms with Crippen LogP contribution in [0.15, 0.2) is 0 Å². The fraction of sp³-hybridized carbons (Fsp3) is 0.800. The zero-order valence-corrected chi connectivity index (χ0v) is 9.52. The summed E-state index contributed by atoms with van der Waals surface area (Å²) in [6, 6.07) is -0.928. The van der Waals surface area contributed by atoms with Crippen molar-refractivity contribution in [2.75, 3.05) is 6.61 Å². The minimum absolute atomic E-state index is 0.300. The molecule has 0 aromatic carbocycles. The van der Waals surface area contributed by atoms with Crippen molar-refractivity contribution in [3.8, 4) is 0 Å². The van der Waals surface area contributed by atoms with E-state index in [1.807, 2.05) is 5.48 Å². The van der Waals surface area contributed by atoms with E-state index in [0.717, 1.165) is 19.3 Å². The summed E-state index contributed by atoms with van der Waals surface area (Å²) in [5.41, 5.74) is 1.96. The topological polar surface area (TPSA) is 108 Å². The Morgan fingerprint density at radius 1 is 1.24 bits per heavy atom. The van der Waals surface area contributed by atoms with Gasteiger partial charge in [0, 0.05) is 0 Å². The van der Waals surface area contributed by atoms with Gasteiger partial charge in [0.2, 0.25) is 0 Å². The van der Waals surface area contributed by atoms with E-state index >= 15 is 0 Å². The van der Waals surface area contributed by atoms with Crippen molar-refractivity contribution in [2.24, 2.45) is 0 Å². The van der Waals surface area contributed by atoms with Crippen molar-refractivity contribution >= 4 is 12.0 Å².